The van der Waals surface area contributed by atoms with Crippen molar-refractivity contribution >= 4 is 17.3 Å². The number of nitrogens with zero attached hydrogens (tertiary/aromatic N) is 1. The first-order valence-electron chi connectivity index (χ1n) is 4.25. The van der Waals surface area contributed by atoms with Gasteiger partial charge in [0.25, 0.3) is 0 Å². The van der Waals surface area contributed by atoms with E-state index in [1.807, 2.05) is 0 Å². The topological polar surface area (TPSA) is 103 Å². The van der Waals surface area contributed by atoms with Gasteiger partial charge in [-0.05, 0) is 7.05 Å². The lowest BCUT2D eigenvalue weighted by atomic mass is 10.1. The van der Waals surface area contributed by atoms with Crippen LogP contribution in [-0.4, -0.2) is 46.0 Å². The number of hydrogen-bond donors (Lipinski definition) is 4. The van der Waals surface area contributed by atoms with Crippen molar-refractivity contribution in [2.45, 2.75) is 12.2 Å². The highest BCUT2D eigenvalue weighted by Crippen LogP contribution is 2.19. The van der Waals surface area contributed by atoms with Gasteiger partial charge in [0.1, 0.15) is 6.10 Å². The summed E-state index contributed by atoms with van der Waals surface area (Å²) in [6.45, 7) is 0.209. The van der Waals surface area contributed by atoms with Gasteiger partial charge in [-0.25, -0.2) is 9.78 Å². The van der Waals surface area contributed by atoms with Crippen molar-refractivity contribution in [2.75, 3.05) is 13.6 Å². The number of hydrogen-bond acceptors (Lipinski definition) is 6. The second-order valence-corrected chi connectivity index (χ2v) is 3.81. The van der Waals surface area contributed by atoms with E-state index in [4.69, 9.17) is 5.11 Å². The zero-order valence-corrected chi connectivity index (χ0v) is 8.86. The smallest absolute Gasteiger partial charge is 0.365 e. The second-order valence-electron chi connectivity index (χ2n) is 2.95. The molecule has 0 aliphatic heterocycles. The van der Waals surface area contributed by atoms with Gasteiger partial charge in [0, 0.05) is 11.9 Å². The van der Waals surface area contributed by atoms with Gasteiger partial charge in [0.05, 0.1) is 11.8 Å². The van der Waals surface area contributed by atoms with Crippen molar-refractivity contribution in [1.82, 2.24) is 10.3 Å². The van der Waals surface area contributed by atoms with Gasteiger partial charge in [0.2, 0.25) is 5.01 Å². The molecule has 0 aliphatic rings. The molecule has 0 amide bonds. The summed E-state index contributed by atoms with van der Waals surface area (Å²) in [6.07, 6.45) is -2.17. The molecule has 0 aliphatic carbocycles. The van der Waals surface area contributed by atoms with Gasteiger partial charge in [-0.3, -0.25) is 0 Å². The van der Waals surface area contributed by atoms with Crippen LogP contribution in [0.25, 0.3) is 0 Å². The van der Waals surface area contributed by atoms with Crippen molar-refractivity contribution < 1.29 is 20.1 Å². The lowest BCUT2D eigenvalue weighted by Crippen LogP contribution is -2.29. The minimum absolute atomic E-state index is 0.0966. The number of aliphatic hydroxyl groups is 2. The molecule has 0 aromatic carbocycles. The van der Waals surface area contributed by atoms with Crippen LogP contribution in [0.4, 0.5) is 0 Å². The third-order valence-electron chi connectivity index (χ3n) is 1.79. The molecule has 1 aromatic heterocycles. The average molecular weight is 232 g/mol. The summed E-state index contributed by atoms with van der Waals surface area (Å²) in [4.78, 5) is 14.2. The Labute approximate surface area is 90.2 Å². The molecular weight excluding hydrogens is 220 g/mol. The minimum atomic E-state index is -1.17. The predicted molar refractivity (Wildman–Crippen MR) is 54.0 cm³/mol. The van der Waals surface area contributed by atoms with E-state index in [-0.39, 0.29) is 17.2 Å². The molecule has 0 spiro atoms. The number of likely N-dealkylation sites (N-methyl/N-ethyl adjacent to an activating group) is 1. The molecule has 4 N–H and O–H groups in total. The van der Waals surface area contributed by atoms with Crippen LogP contribution >= 0.6 is 11.3 Å². The number of aromatic carboxylic acids is 1. The van der Waals surface area contributed by atoms with E-state index >= 15 is 0 Å². The van der Waals surface area contributed by atoms with E-state index in [1.54, 1.807) is 7.05 Å². The summed E-state index contributed by atoms with van der Waals surface area (Å²) < 4.78 is 0. The Morgan fingerprint density at radius 1 is 1.67 bits per heavy atom. The molecule has 0 saturated heterocycles. The van der Waals surface area contributed by atoms with Crippen LogP contribution in [0.15, 0.2) is 5.38 Å². The zero-order valence-electron chi connectivity index (χ0n) is 8.04. The van der Waals surface area contributed by atoms with Crippen molar-refractivity contribution in [1.29, 1.82) is 0 Å². The van der Waals surface area contributed by atoms with Crippen LogP contribution in [0.1, 0.15) is 21.6 Å². The normalized spacial score (nSPS) is 14.9. The second kappa shape index (κ2) is 5.17. The molecule has 2 atom stereocenters. The van der Waals surface area contributed by atoms with Gasteiger partial charge >= 0.3 is 5.97 Å². The third kappa shape index (κ3) is 2.96. The Morgan fingerprint density at radius 2 is 2.33 bits per heavy atom. The number of nitrogens with one attached hydrogen (secondary N) is 1. The molecule has 0 bridgehead atoms. The number of carboxylic acid groups (broad SMARTS) is 1. The van der Waals surface area contributed by atoms with E-state index in [0.29, 0.717) is 0 Å². The lowest BCUT2D eigenvalue weighted by molar-refractivity contribution is 0.0179. The van der Waals surface area contributed by atoms with Crippen LogP contribution in [0.3, 0.4) is 0 Å². The maximum absolute atomic E-state index is 10.5. The predicted octanol–water partition coefficient (Wildman–Crippen LogP) is -0.545. The Kier molecular flexibility index (Phi) is 4.15. The molecule has 84 valence electrons. The van der Waals surface area contributed by atoms with E-state index in [1.165, 1.54) is 5.38 Å². The maximum Gasteiger partial charge on any atom is 0.365 e. The Balaban J connectivity index is 2.73. The average Bonchev–Trinajstić information content (AvgIpc) is 2.65. The minimum Gasteiger partial charge on any atom is -0.476 e. The van der Waals surface area contributed by atoms with E-state index in [9.17, 15) is 15.0 Å². The number of carbonyl (C=O) groups is 1. The first-order valence-corrected chi connectivity index (χ1v) is 5.13. The highest BCUT2D eigenvalue weighted by Gasteiger charge is 2.21. The molecule has 6 nitrogen and oxygen atoms in total. The van der Waals surface area contributed by atoms with Gasteiger partial charge in [0.15, 0.2) is 0 Å². The van der Waals surface area contributed by atoms with Gasteiger partial charge in [-0.15, -0.1) is 11.3 Å². The van der Waals surface area contributed by atoms with E-state index in [2.05, 4.69) is 10.3 Å². The first-order chi connectivity index (χ1) is 7.06. The van der Waals surface area contributed by atoms with E-state index in [0.717, 1.165) is 11.3 Å². The van der Waals surface area contributed by atoms with Gasteiger partial charge < -0.3 is 20.6 Å². The van der Waals surface area contributed by atoms with Crippen LogP contribution in [0.2, 0.25) is 0 Å². The van der Waals surface area contributed by atoms with Crippen LogP contribution in [0, 0.1) is 0 Å². The summed E-state index contributed by atoms with van der Waals surface area (Å²) in [6, 6.07) is 0. The molecule has 1 rings (SSSR count). The number of aromatic nitrogens is 1. The summed E-state index contributed by atoms with van der Waals surface area (Å²) >= 11 is 0.919. The fourth-order valence-corrected chi connectivity index (χ4v) is 1.72. The molecule has 1 heterocycles. The molecule has 15 heavy (non-hydrogen) atoms. The highest BCUT2D eigenvalue weighted by molar-refractivity contribution is 7.11. The largest absolute Gasteiger partial charge is 0.476 e. The molecule has 1 aromatic rings. The molecule has 7 heteroatoms. The summed E-state index contributed by atoms with van der Waals surface area (Å²) in [5.74, 6) is -1.14. The lowest BCUT2D eigenvalue weighted by Gasteiger charge is -2.14. The van der Waals surface area contributed by atoms with Crippen molar-refractivity contribution in [2.24, 2.45) is 0 Å². The number of thiazole rings is 1. The molecular formula is C8H12N2O4S. The van der Waals surface area contributed by atoms with Crippen molar-refractivity contribution in [3.8, 4) is 0 Å². The quantitative estimate of drug-likeness (QED) is 0.543. The van der Waals surface area contributed by atoms with Gasteiger partial charge in [-0.2, -0.15) is 0 Å². The number of rotatable bonds is 5. The standard InChI is InChI=1S/C8H12N2O4S/c1-9-2-5(11)6(12)4-3-15-7(10-4)8(13)14/h3,5-6,9,11-12H,2H2,1H3,(H,13,14). The molecule has 0 fully saturated rings. The summed E-state index contributed by atoms with van der Waals surface area (Å²) in [5, 5.41) is 31.6. The highest BCUT2D eigenvalue weighted by atomic mass is 32.1. The van der Waals surface area contributed by atoms with E-state index < -0.39 is 18.2 Å². The fourth-order valence-electron chi connectivity index (χ4n) is 1.04. The molecule has 2 unspecified atom stereocenters. The maximum atomic E-state index is 10.5. The fraction of sp³-hybridized carbons (Fsp3) is 0.500. The third-order valence-corrected chi connectivity index (χ3v) is 2.63. The molecule has 0 saturated carbocycles. The summed E-state index contributed by atoms with van der Waals surface area (Å²) in [5.41, 5.74) is 0.181. The van der Waals surface area contributed by atoms with Crippen molar-refractivity contribution in [3.05, 3.63) is 16.1 Å². The van der Waals surface area contributed by atoms with Crippen LogP contribution < -0.4 is 5.32 Å². The van der Waals surface area contributed by atoms with Crippen LogP contribution in [-0.2, 0) is 0 Å². The number of aliphatic hydroxyl groups excluding tert-OH is 2. The van der Waals surface area contributed by atoms with Gasteiger partial charge in [-0.1, -0.05) is 0 Å². The Hall–Kier alpha value is -1.02. The monoisotopic (exact) mass is 232 g/mol. The van der Waals surface area contributed by atoms with Crippen molar-refractivity contribution in [3.63, 3.8) is 0 Å². The molecule has 0 radical (unpaired) electrons. The zero-order chi connectivity index (χ0) is 11.4. The first kappa shape index (κ1) is 12.1. The number of carboxylic acids is 1. The van der Waals surface area contributed by atoms with Crippen LogP contribution in [0.5, 0.6) is 0 Å². The SMILES string of the molecule is CNCC(O)C(O)c1csc(C(=O)O)n1. The summed E-state index contributed by atoms with van der Waals surface area (Å²) in [7, 11) is 1.64. The Bertz CT molecular complexity index is 341. The Morgan fingerprint density at radius 3 is 2.80 bits per heavy atom.